The first-order valence-electron chi connectivity index (χ1n) is 7.04. The number of aryl methyl sites for hydroxylation is 1. The monoisotopic (exact) mass is 343 g/mol. The van der Waals surface area contributed by atoms with Crippen molar-refractivity contribution in [3.63, 3.8) is 0 Å². The van der Waals surface area contributed by atoms with Crippen molar-refractivity contribution in [3.8, 4) is 5.75 Å². The number of aromatic hydroxyl groups is 1. The molecule has 24 heavy (non-hydrogen) atoms. The zero-order valence-electron chi connectivity index (χ0n) is 12.6. The predicted octanol–water partition coefficient (Wildman–Crippen LogP) is 3.46. The molecule has 0 bridgehead atoms. The maximum atomic E-state index is 12.2. The second-order valence-electron chi connectivity index (χ2n) is 5.23. The van der Waals surface area contributed by atoms with Crippen LogP contribution in [0.25, 0.3) is 11.0 Å². The van der Waals surface area contributed by atoms with Crippen LogP contribution in [0.4, 0.5) is 5.69 Å². The van der Waals surface area contributed by atoms with Crippen LogP contribution in [-0.4, -0.2) is 31.5 Å². The van der Waals surface area contributed by atoms with Gasteiger partial charge in [0.1, 0.15) is 5.75 Å². The molecule has 1 heterocycles. The lowest BCUT2D eigenvalue weighted by Gasteiger charge is -2.03. The Kier molecular flexibility index (Phi) is 4.22. The van der Waals surface area contributed by atoms with Crippen molar-refractivity contribution in [1.82, 2.24) is 9.97 Å². The number of hydrogen-bond donors (Lipinski definition) is 2. The molecular weight excluding hydrogens is 330 g/mol. The maximum absolute atomic E-state index is 12.2. The highest BCUT2D eigenvalue weighted by molar-refractivity contribution is 7.99. The van der Waals surface area contributed by atoms with E-state index in [0.29, 0.717) is 16.2 Å². The van der Waals surface area contributed by atoms with Crippen LogP contribution < -0.4 is 0 Å². The molecule has 0 radical (unpaired) electrons. The fourth-order valence-electron chi connectivity index (χ4n) is 2.25. The number of benzene rings is 2. The summed E-state index contributed by atoms with van der Waals surface area (Å²) >= 11 is 1.18. The van der Waals surface area contributed by atoms with Gasteiger partial charge in [-0.15, -0.1) is 0 Å². The van der Waals surface area contributed by atoms with Gasteiger partial charge in [-0.2, -0.15) is 0 Å². The molecule has 0 fully saturated rings. The SMILES string of the molecule is Cc1ccc(C(=O)CSc2nc3ccc([N+](=O)[O-])cc3[nH]2)c(O)c1. The second-order valence-corrected chi connectivity index (χ2v) is 6.20. The summed E-state index contributed by atoms with van der Waals surface area (Å²) in [5.74, 6) is -0.164. The first kappa shape index (κ1) is 16.0. The Hall–Kier alpha value is -2.87. The van der Waals surface area contributed by atoms with Gasteiger partial charge in [-0.1, -0.05) is 17.8 Å². The van der Waals surface area contributed by atoms with Gasteiger partial charge in [-0.05, 0) is 30.7 Å². The number of phenols is 1. The van der Waals surface area contributed by atoms with Crippen molar-refractivity contribution in [3.05, 3.63) is 57.6 Å². The summed E-state index contributed by atoms with van der Waals surface area (Å²) in [5, 5.41) is 21.1. The quantitative estimate of drug-likeness (QED) is 0.318. The van der Waals surface area contributed by atoms with Crippen molar-refractivity contribution in [1.29, 1.82) is 0 Å². The summed E-state index contributed by atoms with van der Waals surface area (Å²) < 4.78 is 0. The molecule has 0 spiro atoms. The minimum atomic E-state index is -0.475. The summed E-state index contributed by atoms with van der Waals surface area (Å²) in [7, 11) is 0. The van der Waals surface area contributed by atoms with Crippen LogP contribution in [0, 0.1) is 17.0 Å². The van der Waals surface area contributed by atoms with E-state index in [-0.39, 0.29) is 28.5 Å². The minimum absolute atomic E-state index is 0.0247. The summed E-state index contributed by atoms with van der Waals surface area (Å²) in [6, 6.07) is 9.24. The van der Waals surface area contributed by atoms with Crippen molar-refractivity contribution in [2.75, 3.05) is 5.75 Å². The first-order chi connectivity index (χ1) is 11.4. The number of nitro benzene ring substituents is 1. The fourth-order valence-corrected chi connectivity index (χ4v) is 3.01. The van der Waals surface area contributed by atoms with Crippen LogP contribution in [0.2, 0.25) is 0 Å². The van der Waals surface area contributed by atoms with Gasteiger partial charge in [0.05, 0.1) is 27.3 Å². The van der Waals surface area contributed by atoms with E-state index in [0.717, 1.165) is 5.56 Å². The number of non-ortho nitro benzene ring substituents is 1. The van der Waals surface area contributed by atoms with Crippen molar-refractivity contribution in [2.24, 2.45) is 0 Å². The lowest BCUT2D eigenvalue weighted by molar-refractivity contribution is -0.384. The number of nitro groups is 1. The number of nitrogens with zero attached hydrogens (tertiary/aromatic N) is 2. The number of thioether (sulfide) groups is 1. The zero-order valence-corrected chi connectivity index (χ0v) is 13.5. The van der Waals surface area contributed by atoms with E-state index in [4.69, 9.17) is 0 Å². The third-order valence-electron chi connectivity index (χ3n) is 3.45. The molecule has 1 aromatic heterocycles. The maximum Gasteiger partial charge on any atom is 0.271 e. The van der Waals surface area contributed by atoms with Crippen LogP contribution in [-0.2, 0) is 0 Å². The molecule has 7 nitrogen and oxygen atoms in total. The van der Waals surface area contributed by atoms with Crippen molar-refractivity contribution >= 4 is 34.3 Å². The number of hydrogen-bond acceptors (Lipinski definition) is 6. The number of ketones is 1. The van der Waals surface area contributed by atoms with Gasteiger partial charge in [0, 0.05) is 12.1 Å². The number of Topliss-reactive ketones (excluding diaryl/α,β-unsaturated/α-hetero) is 1. The predicted molar refractivity (Wildman–Crippen MR) is 90.6 cm³/mol. The topological polar surface area (TPSA) is 109 Å². The van der Waals surface area contributed by atoms with Crippen molar-refractivity contribution in [2.45, 2.75) is 12.1 Å². The lowest BCUT2D eigenvalue weighted by atomic mass is 10.1. The Morgan fingerprint density at radius 1 is 1.33 bits per heavy atom. The third-order valence-corrected chi connectivity index (χ3v) is 4.32. The summed E-state index contributed by atoms with van der Waals surface area (Å²) in [4.78, 5) is 29.7. The minimum Gasteiger partial charge on any atom is -0.507 e. The van der Waals surface area contributed by atoms with Crippen molar-refractivity contribution < 1.29 is 14.8 Å². The number of fused-ring (bicyclic) bond motifs is 1. The Balaban J connectivity index is 1.75. The average Bonchev–Trinajstić information content (AvgIpc) is 2.94. The molecule has 2 aromatic carbocycles. The third kappa shape index (κ3) is 3.23. The highest BCUT2D eigenvalue weighted by Gasteiger charge is 2.14. The molecule has 0 amide bonds. The molecule has 0 unspecified atom stereocenters. The molecule has 0 aliphatic heterocycles. The second kappa shape index (κ2) is 6.32. The van der Waals surface area contributed by atoms with E-state index in [1.165, 1.54) is 30.0 Å². The normalized spacial score (nSPS) is 10.9. The molecule has 122 valence electrons. The lowest BCUT2D eigenvalue weighted by Crippen LogP contribution is -2.03. The van der Waals surface area contributed by atoms with Crippen LogP contribution in [0.15, 0.2) is 41.6 Å². The number of imidazole rings is 1. The standard InChI is InChI=1S/C16H13N3O4S/c1-9-2-4-11(14(20)6-9)15(21)8-24-16-17-12-5-3-10(19(22)23)7-13(12)18-16/h2-7,20H,8H2,1H3,(H,17,18). The highest BCUT2D eigenvalue weighted by atomic mass is 32.2. The molecule has 3 aromatic rings. The Morgan fingerprint density at radius 3 is 2.83 bits per heavy atom. The molecule has 0 aliphatic rings. The Labute approximate surface area is 140 Å². The summed E-state index contributed by atoms with van der Waals surface area (Å²) in [5.41, 5.74) is 2.24. The van der Waals surface area contributed by atoms with Crippen LogP contribution in [0.5, 0.6) is 5.75 Å². The Bertz CT molecular complexity index is 952. The van der Waals surface area contributed by atoms with Gasteiger partial charge in [-0.25, -0.2) is 4.98 Å². The molecule has 3 rings (SSSR count). The number of aromatic amines is 1. The van der Waals surface area contributed by atoms with E-state index in [1.54, 1.807) is 18.2 Å². The smallest absolute Gasteiger partial charge is 0.271 e. The molecule has 0 aliphatic carbocycles. The average molecular weight is 343 g/mol. The number of H-pyrrole nitrogens is 1. The molecule has 0 saturated carbocycles. The van der Waals surface area contributed by atoms with E-state index >= 15 is 0 Å². The number of nitrogens with one attached hydrogen (secondary N) is 1. The summed E-state index contributed by atoms with van der Waals surface area (Å²) in [6.45, 7) is 1.83. The number of phenolic OH excluding ortho intramolecular Hbond substituents is 1. The van der Waals surface area contributed by atoms with Gasteiger partial charge in [0.15, 0.2) is 10.9 Å². The van der Waals surface area contributed by atoms with Gasteiger partial charge < -0.3 is 10.1 Å². The molecule has 8 heteroatoms. The largest absolute Gasteiger partial charge is 0.507 e. The molecule has 0 saturated heterocycles. The van der Waals surface area contributed by atoms with Gasteiger partial charge in [-0.3, -0.25) is 14.9 Å². The summed E-state index contributed by atoms with van der Waals surface area (Å²) in [6.07, 6.45) is 0. The van der Waals surface area contributed by atoms with E-state index in [1.807, 2.05) is 6.92 Å². The number of carbonyl (C=O) groups is 1. The number of carbonyl (C=O) groups excluding carboxylic acids is 1. The van der Waals surface area contributed by atoms with Gasteiger partial charge in [0.2, 0.25) is 0 Å². The van der Waals surface area contributed by atoms with E-state index < -0.39 is 4.92 Å². The van der Waals surface area contributed by atoms with Crippen LogP contribution in [0.1, 0.15) is 15.9 Å². The zero-order chi connectivity index (χ0) is 17.3. The van der Waals surface area contributed by atoms with Gasteiger partial charge in [0.25, 0.3) is 5.69 Å². The molecular formula is C16H13N3O4S. The molecule has 2 N–H and O–H groups in total. The van der Waals surface area contributed by atoms with E-state index in [2.05, 4.69) is 9.97 Å². The number of aromatic nitrogens is 2. The van der Waals surface area contributed by atoms with Crippen LogP contribution >= 0.6 is 11.8 Å². The first-order valence-corrected chi connectivity index (χ1v) is 8.02. The Morgan fingerprint density at radius 2 is 2.12 bits per heavy atom. The molecule has 0 atom stereocenters. The number of rotatable bonds is 5. The highest BCUT2D eigenvalue weighted by Crippen LogP contribution is 2.25. The fraction of sp³-hybridized carbons (Fsp3) is 0.125. The van der Waals surface area contributed by atoms with E-state index in [9.17, 15) is 20.0 Å². The van der Waals surface area contributed by atoms with Gasteiger partial charge >= 0.3 is 0 Å². The van der Waals surface area contributed by atoms with Crippen LogP contribution in [0.3, 0.4) is 0 Å².